The second-order valence-corrected chi connectivity index (χ2v) is 7.99. The smallest absolute Gasteiger partial charge is 0.344 e. The molecule has 0 aliphatic heterocycles. The summed E-state index contributed by atoms with van der Waals surface area (Å²) in [5.41, 5.74) is 1.20. The molecule has 1 aromatic carbocycles. The van der Waals surface area contributed by atoms with Gasteiger partial charge in [0, 0.05) is 0 Å². The van der Waals surface area contributed by atoms with Gasteiger partial charge >= 0.3 is 5.97 Å². The third-order valence-electron chi connectivity index (χ3n) is 4.10. The van der Waals surface area contributed by atoms with Crippen LogP contribution >= 0.6 is 0 Å². The van der Waals surface area contributed by atoms with Crippen LogP contribution in [0.25, 0.3) is 0 Å². The van der Waals surface area contributed by atoms with Crippen molar-refractivity contribution in [3.8, 4) is 5.75 Å². The predicted molar refractivity (Wildman–Crippen MR) is 107 cm³/mol. The van der Waals surface area contributed by atoms with Crippen molar-refractivity contribution in [1.82, 2.24) is 0 Å². The van der Waals surface area contributed by atoms with Gasteiger partial charge in [-0.2, -0.15) is 8.42 Å². The van der Waals surface area contributed by atoms with Gasteiger partial charge in [0.25, 0.3) is 10.1 Å². The fourth-order valence-electron chi connectivity index (χ4n) is 2.89. The van der Waals surface area contributed by atoms with E-state index in [1.807, 2.05) is 12.1 Å². The third kappa shape index (κ3) is 10.1. The zero-order chi connectivity index (χ0) is 20.2. The highest BCUT2D eigenvalue weighted by atomic mass is 32.2. The molecule has 1 rings (SSSR count). The van der Waals surface area contributed by atoms with Crippen LogP contribution in [0.5, 0.6) is 5.75 Å². The zero-order valence-corrected chi connectivity index (χ0v) is 17.6. The van der Waals surface area contributed by atoms with Crippen molar-refractivity contribution in [3.05, 3.63) is 29.8 Å². The van der Waals surface area contributed by atoms with Crippen LogP contribution < -0.4 is 4.74 Å². The molecule has 0 saturated carbocycles. The molecule has 0 radical (unpaired) electrons. The minimum atomic E-state index is -4.35. The first-order valence-corrected chi connectivity index (χ1v) is 11.5. The average molecular weight is 403 g/mol. The Bertz CT molecular complexity index is 606. The first-order chi connectivity index (χ1) is 12.8. The van der Waals surface area contributed by atoms with Gasteiger partial charge < -0.3 is 14.2 Å². The Hall–Kier alpha value is -1.15. The van der Waals surface area contributed by atoms with E-state index in [0.29, 0.717) is 5.75 Å². The molecule has 0 atom stereocenters. The molecule has 0 unspecified atom stereocenters. The van der Waals surface area contributed by atoms with Crippen LogP contribution in [0.1, 0.15) is 64.9 Å². The number of ether oxygens (including phenoxy) is 3. The van der Waals surface area contributed by atoms with Crippen molar-refractivity contribution in [3.63, 3.8) is 0 Å². The Balaban J connectivity index is 2.68. The van der Waals surface area contributed by atoms with E-state index in [9.17, 15) is 13.0 Å². The fraction of sp³-hybridized carbons (Fsp3) is 0.700. The van der Waals surface area contributed by atoms with Crippen molar-refractivity contribution >= 4 is 10.1 Å². The molecule has 27 heavy (non-hydrogen) atoms. The van der Waals surface area contributed by atoms with Gasteiger partial charge in [0.15, 0.2) is 5.75 Å². The molecule has 6 nitrogen and oxygen atoms in total. The van der Waals surface area contributed by atoms with Gasteiger partial charge in [0.1, 0.15) is 5.75 Å². The van der Waals surface area contributed by atoms with Crippen molar-refractivity contribution in [2.75, 3.05) is 19.0 Å². The molecule has 0 heterocycles. The Morgan fingerprint density at radius 2 is 1.44 bits per heavy atom. The van der Waals surface area contributed by atoms with Crippen LogP contribution in [0.15, 0.2) is 24.3 Å². The summed E-state index contributed by atoms with van der Waals surface area (Å²) in [7, 11) is -4.35. The van der Waals surface area contributed by atoms with Crippen LogP contribution in [-0.4, -0.2) is 37.9 Å². The maximum atomic E-state index is 11.4. The lowest BCUT2D eigenvalue weighted by Gasteiger charge is -2.31. The normalized spacial score (nSPS) is 12.3. The number of unbranched alkanes of at least 4 members (excludes halogenated alkanes) is 5. The highest BCUT2D eigenvalue weighted by molar-refractivity contribution is 7.85. The number of benzene rings is 1. The van der Waals surface area contributed by atoms with Crippen molar-refractivity contribution < 1.29 is 27.2 Å². The van der Waals surface area contributed by atoms with E-state index in [4.69, 9.17) is 14.2 Å². The number of hydrogen-bond donors (Lipinski definition) is 1. The minimum absolute atomic E-state index is 0.172. The molecule has 0 aliphatic carbocycles. The topological polar surface area (TPSA) is 82.1 Å². The number of rotatable bonds is 15. The summed E-state index contributed by atoms with van der Waals surface area (Å²) in [4.78, 5) is 0. The second kappa shape index (κ2) is 12.3. The molecule has 0 amide bonds. The molecule has 7 heteroatoms. The molecule has 0 aromatic heterocycles. The predicted octanol–water partition coefficient (Wildman–Crippen LogP) is 4.58. The molecule has 0 saturated heterocycles. The van der Waals surface area contributed by atoms with Gasteiger partial charge in [0.2, 0.25) is 0 Å². The number of aryl methyl sites for hydroxylation is 1. The van der Waals surface area contributed by atoms with Crippen LogP contribution in [0.4, 0.5) is 0 Å². The quantitative estimate of drug-likeness (QED) is 0.263. The van der Waals surface area contributed by atoms with E-state index < -0.39 is 21.8 Å². The average Bonchev–Trinajstić information content (AvgIpc) is 2.58. The van der Waals surface area contributed by atoms with Crippen LogP contribution in [0, 0.1) is 0 Å². The summed E-state index contributed by atoms with van der Waals surface area (Å²) in [6.07, 6.45) is 8.50. The summed E-state index contributed by atoms with van der Waals surface area (Å²) in [5.74, 6) is -2.24. The lowest BCUT2D eigenvalue weighted by molar-refractivity contribution is -0.326. The van der Waals surface area contributed by atoms with Gasteiger partial charge in [-0.1, -0.05) is 51.2 Å². The monoisotopic (exact) mass is 402 g/mol. The van der Waals surface area contributed by atoms with Crippen molar-refractivity contribution in [2.45, 2.75) is 71.7 Å². The van der Waals surface area contributed by atoms with Gasteiger partial charge in [-0.25, -0.2) is 0 Å². The summed E-state index contributed by atoms with van der Waals surface area (Å²) >= 11 is 0. The lowest BCUT2D eigenvalue weighted by atomic mass is 10.0. The van der Waals surface area contributed by atoms with Crippen molar-refractivity contribution in [2.24, 2.45) is 0 Å². The summed E-state index contributed by atoms with van der Waals surface area (Å²) in [6.45, 7) is 5.96. The van der Waals surface area contributed by atoms with Gasteiger partial charge in [0.05, 0.1) is 13.2 Å². The standard InChI is InChI=1S/C20H34O6S/c1-4-7-8-9-10-11-12-18-13-15-19(16-14-18)26-20(24-5-2,25-6-3)17-27(21,22)23/h13-16H,4-12,17H2,1-3H3,(H,21,22,23). The molecular formula is C20H34O6S. The first-order valence-electron chi connectivity index (χ1n) is 9.85. The van der Waals surface area contributed by atoms with E-state index in [1.165, 1.54) is 37.7 Å². The molecular weight excluding hydrogens is 368 g/mol. The van der Waals surface area contributed by atoms with E-state index >= 15 is 0 Å². The Morgan fingerprint density at radius 3 is 1.96 bits per heavy atom. The second-order valence-electron chi connectivity index (χ2n) is 6.54. The van der Waals surface area contributed by atoms with Crippen LogP contribution in [0.3, 0.4) is 0 Å². The highest BCUT2D eigenvalue weighted by Gasteiger charge is 2.40. The maximum absolute atomic E-state index is 11.4. The molecule has 0 spiro atoms. The van der Waals surface area contributed by atoms with Crippen LogP contribution in [-0.2, 0) is 26.0 Å². The lowest BCUT2D eigenvalue weighted by Crippen LogP contribution is -2.48. The number of hydrogen-bond acceptors (Lipinski definition) is 5. The van der Waals surface area contributed by atoms with Crippen molar-refractivity contribution in [1.29, 1.82) is 0 Å². The summed E-state index contributed by atoms with van der Waals surface area (Å²) in [6, 6.07) is 7.45. The maximum Gasteiger partial charge on any atom is 0.344 e. The first kappa shape index (κ1) is 23.9. The van der Waals surface area contributed by atoms with E-state index in [-0.39, 0.29) is 13.2 Å². The molecule has 0 aliphatic rings. The van der Waals surface area contributed by atoms with E-state index in [1.54, 1.807) is 26.0 Å². The summed E-state index contributed by atoms with van der Waals surface area (Å²) < 4.78 is 48.5. The van der Waals surface area contributed by atoms with Gasteiger partial charge in [-0.15, -0.1) is 0 Å². The summed E-state index contributed by atoms with van der Waals surface area (Å²) in [5, 5.41) is 0. The Morgan fingerprint density at radius 1 is 0.889 bits per heavy atom. The zero-order valence-electron chi connectivity index (χ0n) is 16.8. The van der Waals surface area contributed by atoms with E-state index in [0.717, 1.165) is 12.8 Å². The third-order valence-corrected chi connectivity index (χ3v) is 4.82. The SMILES string of the molecule is CCCCCCCCc1ccc(OC(CS(=O)(=O)O)(OCC)OCC)cc1. The van der Waals surface area contributed by atoms with Crippen LogP contribution in [0.2, 0.25) is 0 Å². The highest BCUT2D eigenvalue weighted by Crippen LogP contribution is 2.24. The molecule has 0 bridgehead atoms. The Labute approximate surface area is 164 Å². The largest absolute Gasteiger partial charge is 0.438 e. The Kier molecular flexibility index (Phi) is 10.9. The molecule has 156 valence electrons. The van der Waals surface area contributed by atoms with Gasteiger partial charge in [-0.05, 0) is 44.4 Å². The fourth-order valence-corrected chi connectivity index (χ4v) is 3.56. The minimum Gasteiger partial charge on any atom is -0.438 e. The molecule has 1 N–H and O–H groups in total. The molecule has 1 aromatic rings. The molecule has 0 fully saturated rings. The van der Waals surface area contributed by atoms with Gasteiger partial charge in [-0.3, -0.25) is 4.55 Å². The van der Waals surface area contributed by atoms with E-state index in [2.05, 4.69) is 6.92 Å².